The van der Waals surface area contributed by atoms with Crippen LogP contribution in [0.15, 0.2) is 23.1 Å². The molecule has 9 heteroatoms. The van der Waals surface area contributed by atoms with Crippen molar-refractivity contribution in [2.75, 3.05) is 11.9 Å². The van der Waals surface area contributed by atoms with E-state index in [9.17, 15) is 22.6 Å². The maximum Gasteiger partial charge on any atom is 0.314 e. The molecular weight excluding hydrogens is 376 g/mol. The van der Waals surface area contributed by atoms with Gasteiger partial charge in [0.15, 0.2) is 11.6 Å². The Bertz CT molecular complexity index is 993. The fraction of sp³-hybridized carbons (Fsp3) is 0.222. The van der Waals surface area contributed by atoms with Gasteiger partial charge < -0.3 is 15.2 Å². The molecule has 2 rings (SSSR count). The summed E-state index contributed by atoms with van der Waals surface area (Å²) in [6.45, 7) is 3.09. The average Bonchev–Trinajstić information content (AvgIpc) is 2.84. The van der Waals surface area contributed by atoms with Crippen molar-refractivity contribution < 1.29 is 22.6 Å². The second-order valence-corrected chi connectivity index (χ2v) is 6.96. The summed E-state index contributed by atoms with van der Waals surface area (Å²) in [5.74, 6) is -0.533. The highest BCUT2D eigenvalue weighted by Gasteiger charge is 2.27. The molecule has 1 aromatic carbocycles. The van der Waals surface area contributed by atoms with Gasteiger partial charge in [-0.3, -0.25) is 9.59 Å². The number of nitrogens with zero attached hydrogens (tertiary/aromatic N) is 1. The lowest BCUT2D eigenvalue weighted by molar-refractivity contribution is 0.101. The number of benzene rings is 1. The van der Waals surface area contributed by atoms with Gasteiger partial charge in [-0.2, -0.15) is 0 Å². The molecule has 1 heterocycles. The topological polar surface area (TPSA) is 80.2 Å². The van der Waals surface area contributed by atoms with Crippen LogP contribution in [-0.4, -0.2) is 26.5 Å². The molecule has 2 N–H and O–H groups in total. The van der Waals surface area contributed by atoms with E-state index in [1.807, 2.05) is 0 Å². The quantitative estimate of drug-likeness (QED) is 0.784. The molecule has 0 spiro atoms. The molecule has 0 aliphatic rings. The Hall–Kier alpha value is -2.99. The van der Waals surface area contributed by atoms with Gasteiger partial charge in [0.2, 0.25) is 0 Å². The zero-order valence-electron chi connectivity index (χ0n) is 14.9. The minimum Gasteiger partial charge on any atom is -0.343 e. The molecule has 2 amide bonds. The van der Waals surface area contributed by atoms with Gasteiger partial charge in [0.1, 0.15) is 16.5 Å². The van der Waals surface area contributed by atoms with Crippen molar-refractivity contribution in [3.8, 4) is 12.3 Å². The van der Waals surface area contributed by atoms with Gasteiger partial charge in [0.05, 0.1) is 11.4 Å². The Morgan fingerprint density at radius 3 is 2.52 bits per heavy atom. The molecule has 0 fully saturated rings. The molecular formula is C18H17F2N3O3S. The number of amides is 2. The first-order chi connectivity index (χ1) is 12.7. The van der Waals surface area contributed by atoms with Gasteiger partial charge in [-0.05, 0) is 31.5 Å². The molecule has 1 aromatic heterocycles. The number of nitrogens with one attached hydrogen (secondary N) is 2. The predicted molar refractivity (Wildman–Crippen MR) is 97.8 cm³/mol. The Morgan fingerprint density at radius 2 is 1.93 bits per heavy atom. The van der Waals surface area contributed by atoms with E-state index < -0.39 is 33.6 Å². The van der Waals surface area contributed by atoms with Crippen LogP contribution in [0, 0.1) is 37.8 Å². The molecule has 0 aliphatic heterocycles. The molecule has 1 atom stereocenters. The normalized spacial score (nSPS) is 11.6. The summed E-state index contributed by atoms with van der Waals surface area (Å²) in [6.07, 6.45) is 5.07. The summed E-state index contributed by atoms with van der Waals surface area (Å²) in [6, 6.07) is 2.96. The standard InChI is InChI=1S/C18H17F2N3O3S/c1-5-8-21-18(25)27(26)16-10(2)15(23(4)11(16)3)17(24)22-12-6-7-13(19)14(20)9-12/h1,6-7,9H,8H2,2-4H3,(H,21,25)(H,22,24). The summed E-state index contributed by atoms with van der Waals surface area (Å²) < 4.78 is 40.3. The van der Waals surface area contributed by atoms with Crippen LogP contribution in [-0.2, 0) is 17.8 Å². The van der Waals surface area contributed by atoms with Crippen LogP contribution in [0.2, 0.25) is 0 Å². The van der Waals surface area contributed by atoms with E-state index in [1.165, 1.54) is 10.6 Å². The summed E-state index contributed by atoms with van der Waals surface area (Å²) >= 11 is 0. The third-order valence-electron chi connectivity index (χ3n) is 3.94. The molecule has 0 aliphatic carbocycles. The number of halogens is 2. The highest BCUT2D eigenvalue weighted by atomic mass is 32.2. The summed E-state index contributed by atoms with van der Waals surface area (Å²) in [5.41, 5.74) is 0.998. The lowest BCUT2D eigenvalue weighted by atomic mass is 10.2. The van der Waals surface area contributed by atoms with E-state index in [2.05, 4.69) is 16.6 Å². The summed E-state index contributed by atoms with van der Waals surface area (Å²) in [4.78, 5) is 24.8. The van der Waals surface area contributed by atoms with Gasteiger partial charge in [-0.15, -0.1) is 6.42 Å². The Labute approximate surface area is 157 Å². The minimum absolute atomic E-state index is 0.0617. The maximum absolute atomic E-state index is 13.3. The minimum atomic E-state index is -2.07. The Balaban J connectivity index is 2.36. The first-order valence-corrected chi connectivity index (χ1v) is 8.89. The van der Waals surface area contributed by atoms with Crippen LogP contribution in [0.4, 0.5) is 19.3 Å². The first kappa shape index (κ1) is 20.3. The summed E-state index contributed by atoms with van der Waals surface area (Å²) in [5, 5.41) is 4.02. The molecule has 1 unspecified atom stereocenters. The number of hydrogen-bond acceptors (Lipinski definition) is 3. The average molecular weight is 393 g/mol. The zero-order chi connectivity index (χ0) is 20.3. The number of anilines is 1. The molecule has 142 valence electrons. The fourth-order valence-electron chi connectivity index (χ4n) is 2.59. The van der Waals surface area contributed by atoms with E-state index >= 15 is 0 Å². The smallest absolute Gasteiger partial charge is 0.314 e. The van der Waals surface area contributed by atoms with Crippen molar-refractivity contribution in [1.82, 2.24) is 9.88 Å². The monoisotopic (exact) mass is 393 g/mol. The molecule has 27 heavy (non-hydrogen) atoms. The highest BCUT2D eigenvalue weighted by molar-refractivity contribution is 8.00. The molecule has 0 radical (unpaired) electrons. The van der Waals surface area contributed by atoms with Gasteiger partial charge in [0, 0.05) is 24.5 Å². The third-order valence-corrected chi connectivity index (χ3v) is 5.40. The van der Waals surface area contributed by atoms with Crippen LogP contribution >= 0.6 is 0 Å². The van der Waals surface area contributed by atoms with Crippen molar-refractivity contribution in [3.63, 3.8) is 0 Å². The maximum atomic E-state index is 13.3. The van der Waals surface area contributed by atoms with Gasteiger partial charge in [-0.25, -0.2) is 13.0 Å². The van der Waals surface area contributed by atoms with Gasteiger partial charge >= 0.3 is 5.24 Å². The van der Waals surface area contributed by atoms with Crippen LogP contribution in [0.5, 0.6) is 0 Å². The largest absolute Gasteiger partial charge is 0.343 e. The number of rotatable bonds is 4. The van der Waals surface area contributed by atoms with E-state index in [0.29, 0.717) is 11.3 Å². The Kier molecular flexibility index (Phi) is 6.13. The van der Waals surface area contributed by atoms with E-state index in [4.69, 9.17) is 6.42 Å². The van der Waals surface area contributed by atoms with E-state index in [-0.39, 0.29) is 22.8 Å². The molecule has 0 saturated carbocycles. The highest BCUT2D eigenvalue weighted by Crippen LogP contribution is 2.26. The van der Waals surface area contributed by atoms with Crippen LogP contribution in [0.25, 0.3) is 0 Å². The van der Waals surface area contributed by atoms with Crippen molar-refractivity contribution in [1.29, 1.82) is 0 Å². The zero-order valence-corrected chi connectivity index (χ0v) is 15.7. The van der Waals surface area contributed by atoms with Crippen molar-refractivity contribution in [3.05, 3.63) is 46.8 Å². The number of terminal acetylenes is 1. The van der Waals surface area contributed by atoms with Gasteiger partial charge in [-0.1, -0.05) is 5.92 Å². The van der Waals surface area contributed by atoms with Gasteiger partial charge in [0.25, 0.3) is 5.91 Å². The number of aromatic nitrogens is 1. The first-order valence-electron chi connectivity index (χ1n) is 7.74. The number of carbonyl (C=O) groups excluding carboxylic acids is 2. The summed E-state index contributed by atoms with van der Waals surface area (Å²) in [7, 11) is -0.496. The Morgan fingerprint density at radius 1 is 1.26 bits per heavy atom. The predicted octanol–water partition coefficient (Wildman–Crippen LogP) is 2.62. The molecule has 6 nitrogen and oxygen atoms in total. The second-order valence-electron chi connectivity index (χ2n) is 5.64. The van der Waals surface area contributed by atoms with Crippen LogP contribution in [0.1, 0.15) is 21.7 Å². The lowest BCUT2D eigenvalue weighted by Crippen LogP contribution is -2.26. The fourth-order valence-corrected chi connectivity index (χ4v) is 3.76. The second kappa shape index (κ2) is 8.14. The van der Waals surface area contributed by atoms with Crippen molar-refractivity contribution in [2.45, 2.75) is 18.7 Å². The van der Waals surface area contributed by atoms with Crippen LogP contribution in [0.3, 0.4) is 0 Å². The van der Waals surface area contributed by atoms with Crippen molar-refractivity contribution >= 4 is 27.6 Å². The van der Waals surface area contributed by atoms with E-state index in [1.54, 1.807) is 20.9 Å². The number of carbonyl (C=O) groups is 2. The van der Waals surface area contributed by atoms with Crippen LogP contribution < -0.4 is 10.6 Å². The third kappa shape index (κ3) is 4.06. The molecule has 2 aromatic rings. The number of hydrogen-bond donors (Lipinski definition) is 2. The molecule has 0 bridgehead atoms. The van der Waals surface area contributed by atoms with E-state index in [0.717, 1.165) is 12.1 Å². The SMILES string of the molecule is C#CCNC(=O)S(=O)c1c(C)c(C(=O)Nc2ccc(F)c(F)c2)n(C)c1C. The lowest BCUT2D eigenvalue weighted by Gasteiger charge is -2.08. The van der Waals surface area contributed by atoms with Crippen molar-refractivity contribution in [2.24, 2.45) is 7.05 Å². The molecule has 0 saturated heterocycles.